The Bertz CT molecular complexity index is 408. The highest BCUT2D eigenvalue weighted by Crippen LogP contribution is 2.29. The molecule has 1 aliphatic heterocycles. The monoisotopic (exact) mass is 270 g/mol. The molecule has 3 atom stereocenters. The van der Waals surface area contributed by atoms with E-state index in [1.54, 1.807) is 13.2 Å². The maximum atomic E-state index is 10.3. The lowest BCUT2D eigenvalue weighted by Crippen LogP contribution is -2.28. The second kappa shape index (κ2) is 5.91. The van der Waals surface area contributed by atoms with Crippen molar-refractivity contribution in [2.45, 2.75) is 32.0 Å². The maximum Gasteiger partial charge on any atom is 0.122 e. The summed E-state index contributed by atoms with van der Waals surface area (Å²) in [5.41, 5.74) is 0.941. The third kappa shape index (κ3) is 2.97. The average molecular weight is 271 g/mol. The molecule has 1 N–H and O–H groups in total. The zero-order chi connectivity index (χ0) is 13.1. The van der Waals surface area contributed by atoms with Crippen LogP contribution >= 0.6 is 11.6 Å². The van der Waals surface area contributed by atoms with Crippen LogP contribution < -0.4 is 4.74 Å². The fourth-order valence-electron chi connectivity index (χ4n) is 2.54. The van der Waals surface area contributed by atoms with Crippen LogP contribution in [-0.2, 0) is 11.2 Å². The first kappa shape index (κ1) is 13.7. The summed E-state index contributed by atoms with van der Waals surface area (Å²) in [4.78, 5) is 0. The van der Waals surface area contributed by atoms with Gasteiger partial charge in [-0.3, -0.25) is 0 Å². The molecule has 18 heavy (non-hydrogen) atoms. The standard InChI is InChI=1S/C14H19ClO3/c1-9-12(5-6-18-9)13(16)8-10-7-11(15)3-4-14(10)17-2/h3-4,7,9,12-13,16H,5-6,8H2,1-2H3. The van der Waals surface area contributed by atoms with E-state index in [0.717, 1.165) is 24.3 Å². The molecule has 2 rings (SSSR count). The number of ether oxygens (including phenoxy) is 2. The Balaban J connectivity index is 2.10. The van der Waals surface area contributed by atoms with Crippen LogP contribution in [0.4, 0.5) is 0 Å². The summed E-state index contributed by atoms with van der Waals surface area (Å²) in [5.74, 6) is 0.957. The van der Waals surface area contributed by atoms with Crippen LogP contribution in [0.1, 0.15) is 18.9 Å². The number of benzene rings is 1. The van der Waals surface area contributed by atoms with Gasteiger partial charge in [0, 0.05) is 24.0 Å². The molecule has 0 aromatic heterocycles. The van der Waals surface area contributed by atoms with Gasteiger partial charge in [0.15, 0.2) is 0 Å². The third-order valence-electron chi connectivity index (χ3n) is 3.60. The first-order valence-electron chi connectivity index (χ1n) is 6.24. The van der Waals surface area contributed by atoms with Crippen molar-refractivity contribution in [3.63, 3.8) is 0 Å². The van der Waals surface area contributed by atoms with E-state index in [1.165, 1.54) is 0 Å². The summed E-state index contributed by atoms with van der Waals surface area (Å²) >= 11 is 5.98. The van der Waals surface area contributed by atoms with Crippen LogP contribution in [0.5, 0.6) is 5.75 Å². The van der Waals surface area contributed by atoms with E-state index in [-0.39, 0.29) is 12.0 Å². The minimum absolute atomic E-state index is 0.116. The maximum absolute atomic E-state index is 10.3. The van der Waals surface area contributed by atoms with E-state index >= 15 is 0 Å². The topological polar surface area (TPSA) is 38.7 Å². The lowest BCUT2D eigenvalue weighted by Gasteiger charge is -2.21. The summed E-state index contributed by atoms with van der Waals surface area (Å²) in [6.07, 6.45) is 1.15. The van der Waals surface area contributed by atoms with Crippen LogP contribution in [-0.4, -0.2) is 31.0 Å². The molecule has 0 bridgehead atoms. The van der Waals surface area contributed by atoms with Crippen molar-refractivity contribution in [3.8, 4) is 5.75 Å². The largest absolute Gasteiger partial charge is 0.496 e. The number of halogens is 1. The number of hydrogen-bond donors (Lipinski definition) is 1. The third-order valence-corrected chi connectivity index (χ3v) is 3.84. The van der Waals surface area contributed by atoms with Crippen molar-refractivity contribution >= 4 is 11.6 Å². The molecular formula is C14H19ClO3. The molecule has 0 saturated carbocycles. The van der Waals surface area contributed by atoms with Crippen LogP contribution in [0.2, 0.25) is 5.02 Å². The molecule has 1 aromatic rings. The predicted molar refractivity (Wildman–Crippen MR) is 71.2 cm³/mol. The molecule has 1 heterocycles. The van der Waals surface area contributed by atoms with Gasteiger partial charge in [-0.25, -0.2) is 0 Å². The highest BCUT2D eigenvalue weighted by Gasteiger charge is 2.31. The van der Waals surface area contributed by atoms with Crippen molar-refractivity contribution in [2.24, 2.45) is 5.92 Å². The molecule has 3 nitrogen and oxygen atoms in total. The molecule has 100 valence electrons. The van der Waals surface area contributed by atoms with Crippen LogP contribution in [0, 0.1) is 5.92 Å². The smallest absolute Gasteiger partial charge is 0.122 e. The zero-order valence-electron chi connectivity index (χ0n) is 10.7. The Morgan fingerprint density at radius 3 is 2.94 bits per heavy atom. The van der Waals surface area contributed by atoms with Gasteiger partial charge < -0.3 is 14.6 Å². The van der Waals surface area contributed by atoms with Gasteiger partial charge in [-0.05, 0) is 37.1 Å². The first-order valence-corrected chi connectivity index (χ1v) is 6.61. The highest BCUT2D eigenvalue weighted by atomic mass is 35.5. The molecular weight excluding hydrogens is 252 g/mol. The molecule has 0 radical (unpaired) electrons. The van der Waals surface area contributed by atoms with Crippen LogP contribution in [0.25, 0.3) is 0 Å². The van der Waals surface area contributed by atoms with Crippen molar-refractivity contribution in [1.82, 2.24) is 0 Å². The minimum Gasteiger partial charge on any atom is -0.496 e. The Labute approximate surface area is 113 Å². The first-order chi connectivity index (χ1) is 8.61. The van der Waals surface area contributed by atoms with Crippen LogP contribution in [0.15, 0.2) is 18.2 Å². The number of aliphatic hydroxyl groups is 1. The van der Waals surface area contributed by atoms with Gasteiger partial charge in [0.2, 0.25) is 0 Å². The summed E-state index contributed by atoms with van der Waals surface area (Å²) in [6.45, 7) is 2.74. The van der Waals surface area contributed by atoms with Crippen molar-refractivity contribution < 1.29 is 14.6 Å². The molecule has 0 amide bonds. The molecule has 1 aliphatic rings. The van der Waals surface area contributed by atoms with Gasteiger partial charge in [-0.1, -0.05) is 11.6 Å². The predicted octanol–water partition coefficient (Wildman–Crippen LogP) is 2.68. The lowest BCUT2D eigenvalue weighted by molar-refractivity contribution is 0.0438. The SMILES string of the molecule is COc1ccc(Cl)cc1CC(O)C1CCOC1C. The van der Waals surface area contributed by atoms with Gasteiger partial charge in [-0.2, -0.15) is 0 Å². The summed E-state index contributed by atoms with van der Waals surface area (Å²) < 4.78 is 10.8. The van der Waals surface area contributed by atoms with E-state index in [0.29, 0.717) is 11.4 Å². The Kier molecular flexibility index (Phi) is 4.49. The Morgan fingerprint density at radius 1 is 1.56 bits per heavy atom. The fraction of sp³-hybridized carbons (Fsp3) is 0.571. The van der Waals surface area contributed by atoms with Gasteiger partial charge >= 0.3 is 0 Å². The van der Waals surface area contributed by atoms with Crippen molar-refractivity contribution in [1.29, 1.82) is 0 Å². The van der Waals surface area contributed by atoms with Gasteiger partial charge in [0.1, 0.15) is 5.75 Å². The fourth-order valence-corrected chi connectivity index (χ4v) is 2.73. The summed E-state index contributed by atoms with van der Waals surface area (Å²) in [5, 5.41) is 11.0. The number of methoxy groups -OCH3 is 1. The lowest BCUT2D eigenvalue weighted by atomic mass is 9.91. The minimum atomic E-state index is -0.421. The Hall–Kier alpha value is -0.770. The molecule has 3 unspecified atom stereocenters. The second-order valence-electron chi connectivity index (χ2n) is 4.76. The Morgan fingerprint density at radius 2 is 2.33 bits per heavy atom. The van der Waals surface area contributed by atoms with Gasteiger partial charge in [0.05, 0.1) is 19.3 Å². The summed E-state index contributed by atoms with van der Waals surface area (Å²) in [7, 11) is 1.63. The van der Waals surface area contributed by atoms with Gasteiger partial charge in [-0.15, -0.1) is 0 Å². The average Bonchev–Trinajstić information content (AvgIpc) is 2.76. The molecule has 1 fully saturated rings. The van der Waals surface area contributed by atoms with E-state index in [9.17, 15) is 5.11 Å². The number of aliphatic hydroxyl groups excluding tert-OH is 1. The highest BCUT2D eigenvalue weighted by molar-refractivity contribution is 6.30. The summed E-state index contributed by atoms with van der Waals surface area (Å²) in [6, 6.07) is 5.47. The van der Waals surface area contributed by atoms with Crippen molar-refractivity contribution in [3.05, 3.63) is 28.8 Å². The van der Waals surface area contributed by atoms with E-state index < -0.39 is 6.10 Å². The number of hydrogen-bond acceptors (Lipinski definition) is 3. The van der Waals surface area contributed by atoms with E-state index in [4.69, 9.17) is 21.1 Å². The molecule has 1 aromatic carbocycles. The zero-order valence-corrected chi connectivity index (χ0v) is 11.5. The van der Waals surface area contributed by atoms with E-state index in [1.807, 2.05) is 19.1 Å². The van der Waals surface area contributed by atoms with Crippen molar-refractivity contribution in [2.75, 3.05) is 13.7 Å². The van der Waals surface area contributed by atoms with Crippen LogP contribution in [0.3, 0.4) is 0 Å². The van der Waals surface area contributed by atoms with E-state index in [2.05, 4.69) is 0 Å². The quantitative estimate of drug-likeness (QED) is 0.914. The molecule has 4 heteroatoms. The number of rotatable bonds is 4. The second-order valence-corrected chi connectivity index (χ2v) is 5.19. The van der Waals surface area contributed by atoms with Gasteiger partial charge in [0.25, 0.3) is 0 Å². The molecule has 0 spiro atoms. The molecule has 0 aliphatic carbocycles. The molecule has 1 saturated heterocycles. The normalized spacial score (nSPS) is 25.1.